The van der Waals surface area contributed by atoms with Gasteiger partial charge in [-0.2, -0.15) is 0 Å². The number of furan rings is 1. The van der Waals surface area contributed by atoms with Crippen molar-refractivity contribution in [2.45, 2.75) is 18.4 Å². The molecule has 0 unspecified atom stereocenters. The van der Waals surface area contributed by atoms with Crippen molar-refractivity contribution in [3.63, 3.8) is 0 Å². The van der Waals surface area contributed by atoms with Crippen molar-refractivity contribution in [2.75, 3.05) is 25.1 Å². The highest BCUT2D eigenvalue weighted by atomic mass is 16.6. The minimum Gasteiger partial charge on any atom is -0.486 e. The molecule has 3 N–H and O–H groups in total. The number of aliphatic hydroxyl groups is 1. The molecule has 8 heteroatoms. The van der Waals surface area contributed by atoms with Gasteiger partial charge in [-0.15, -0.1) is 0 Å². The highest BCUT2D eigenvalue weighted by Gasteiger charge is 2.47. The number of hydrogen-bond donors (Lipinski definition) is 3. The molecule has 2 aromatic rings. The quantitative estimate of drug-likeness (QED) is 0.685. The molecule has 0 radical (unpaired) electrons. The minimum absolute atomic E-state index is 0.00445. The molecule has 2 aliphatic rings. The standard InChI is InChI=1S/C19H20N2O6/c22-17(20-11-19(24,12-3-4-12)16-2-1-7-27-16)18(23)21-13-5-6-14-15(10-13)26-9-8-25-14/h1-2,5-7,10,12,24H,3-4,8-9,11H2,(H,20,22)(H,21,23)/t19-/m0/s1. The number of rotatable bonds is 5. The van der Waals surface area contributed by atoms with Crippen molar-refractivity contribution in [3.8, 4) is 11.5 Å². The monoisotopic (exact) mass is 372 g/mol. The van der Waals surface area contributed by atoms with Crippen LogP contribution in [-0.2, 0) is 15.2 Å². The van der Waals surface area contributed by atoms with E-state index in [0.29, 0.717) is 36.2 Å². The van der Waals surface area contributed by atoms with Gasteiger partial charge in [0.1, 0.15) is 24.6 Å². The molecule has 8 nitrogen and oxygen atoms in total. The zero-order valence-corrected chi connectivity index (χ0v) is 14.6. The Bertz CT molecular complexity index is 846. The van der Waals surface area contributed by atoms with E-state index in [-0.39, 0.29) is 12.5 Å². The zero-order valence-electron chi connectivity index (χ0n) is 14.6. The summed E-state index contributed by atoms with van der Waals surface area (Å²) in [5, 5.41) is 15.9. The van der Waals surface area contributed by atoms with Crippen LogP contribution in [0.3, 0.4) is 0 Å². The lowest BCUT2D eigenvalue weighted by Gasteiger charge is -2.26. The summed E-state index contributed by atoms with van der Waals surface area (Å²) < 4.78 is 16.2. The molecular formula is C19H20N2O6. The number of fused-ring (bicyclic) bond motifs is 1. The molecule has 1 atom stereocenters. The van der Waals surface area contributed by atoms with Crippen molar-refractivity contribution in [1.29, 1.82) is 0 Å². The van der Waals surface area contributed by atoms with E-state index in [1.807, 2.05) is 0 Å². The number of anilines is 1. The van der Waals surface area contributed by atoms with Crippen LogP contribution in [0.1, 0.15) is 18.6 Å². The van der Waals surface area contributed by atoms with Gasteiger partial charge in [-0.05, 0) is 43.0 Å². The number of carbonyl (C=O) groups is 2. The first-order valence-electron chi connectivity index (χ1n) is 8.81. The van der Waals surface area contributed by atoms with Gasteiger partial charge >= 0.3 is 11.8 Å². The molecule has 1 aromatic heterocycles. The molecule has 2 heterocycles. The Morgan fingerprint density at radius 3 is 2.59 bits per heavy atom. The average molecular weight is 372 g/mol. The average Bonchev–Trinajstić information content (AvgIpc) is 3.40. The topological polar surface area (TPSA) is 110 Å². The summed E-state index contributed by atoms with van der Waals surface area (Å²) in [6.45, 7) is 0.802. The van der Waals surface area contributed by atoms with Gasteiger partial charge in [0.15, 0.2) is 11.5 Å². The van der Waals surface area contributed by atoms with E-state index in [2.05, 4.69) is 10.6 Å². The molecule has 0 spiro atoms. The summed E-state index contributed by atoms with van der Waals surface area (Å²) in [7, 11) is 0. The first-order valence-corrected chi connectivity index (χ1v) is 8.81. The van der Waals surface area contributed by atoms with Crippen molar-refractivity contribution in [3.05, 3.63) is 42.4 Å². The molecule has 0 saturated heterocycles. The summed E-state index contributed by atoms with van der Waals surface area (Å²) in [6, 6.07) is 8.24. The van der Waals surface area contributed by atoms with Crippen LogP contribution in [0, 0.1) is 5.92 Å². The fourth-order valence-corrected chi connectivity index (χ4v) is 3.12. The largest absolute Gasteiger partial charge is 0.486 e. The highest BCUT2D eigenvalue weighted by molar-refractivity contribution is 6.39. The molecular weight excluding hydrogens is 352 g/mol. The molecule has 2 amide bonds. The lowest BCUT2D eigenvalue weighted by Crippen LogP contribution is -2.45. The summed E-state index contributed by atoms with van der Waals surface area (Å²) in [5.41, 5.74) is -0.890. The first kappa shape index (κ1) is 17.4. The summed E-state index contributed by atoms with van der Waals surface area (Å²) in [5.74, 6) is -0.167. The Morgan fingerprint density at radius 1 is 1.11 bits per heavy atom. The van der Waals surface area contributed by atoms with Crippen LogP contribution < -0.4 is 20.1 Å². The van der Waals surface area contributed by atoms with Crippen molar-refractivity contribution >= 4 is 17.5 Å². The molecule has 1 fully saturated rings. The maximum atomic E-state index is 12.2. The molecule has 1 aliphatic heterocycles. The van der Waals surface area contributed by atoms with Gasteiger partial charge < -0.3 is 29.6 Å². The number of benzene rings is 1. The third-order valence-corrected chi connectivity index (χ3v) is 4.73. The highest BCUT2D eigenvalue weighted by Crippen LogP contribution is 2.45. The Labute approximate surface area is 155 Å². The fourth-order valence-electron chi connectivity index (χ4n) is 3.12. The van der Waals surface area contributed by atoms with Crippen LogP contribution >= 0.6 is 0 Å². The molecule has 4 rings (SSSR count). The molecule has 27 heavy (non-hydrogen) atoms. The van der Waals surface area contributed by atoms with E-state index in [0.717, 1.165) is 12.8 Å². The van der Waals surface area contributed by atoms with Crippen LogP contribution in [0.4, 0.5) is 5.69 Å². The smallest absolute Gasteiger partial charge is 0.313 e. The Kier molecular flexibility index (Phi) is 4.49. The van der Waals surface area contributed by atoms with Gasteiger partial charge in [-0.3, -0.25) is 9.59 Å². The molecule has 1 aromatic carbocycles. The Balaban J connectivity index is 1.37. The van der Waals surface area contributed by atoms with Crippen LogP contribution in [0.2, 0.25) is 0 Å². The second-order valence-electron chi connectivity index (χ2n) is 6.67. The molecule has 142 valence electrons. The van der Waals surface area contributed by atoms with Crippen molar-refractivity contribution in [1.82, 2.24) is 5.32 Å². The normalized spacial score (nSPS) is 17.7. The number of ether oxygens (including phenoxy) is 2. The van der Waals surface area contributed by atoms with Gasteiger partial charge in [0.2, 0.25) is 0 Å². The van der Waals surface area contributed by atoms with Crippen molar-refractivity contribution < 1.29 is 28.6 Å². The number of amides is 2. The summed E-state index contributed by atoms with van der Waals surface area (Å²) in [4.78, 5) is 24.3. The lowest BCUT2D eigenvalue weighted by atomic mass is 9.94. The molecule has 0 bridgehead atoms. The number of nitrogens with one attached hydrogen (secondary N) is 2. The SMILES string of the molecule is O=C(NC[C@@](O)(c1ccco1)C1CC1)C(=O)Nc1ccc2c(c1)OCCO2. The zero-order chi connectivity index (χ0) is 18.9. The van der Waals surface area contributed by atoms with E-state index in [1.54, 1.807) is 30.3 Å². The second kappa shape index (κ2) is 6.96. The van der Waals surface area contributed by atoms with Gasteiger partial charge in [-0.25, -0.2) is 0 Å². The second-order valence-corrected chi connectivity index (χ2v) is 6.67. The summed E-state index contributed by atoms with van der Waals surface area (Å²) >= 11 is 0. The summed E-state index contributed by atoms with van der Waals surface area (Å²) in [6.07, 6.45) is 3.16. The van der Waals surface area contributed by atoms with E-state index in [4.69, 9.17) is 13.9 Å². The lowest BCUT2D eigenvalue weighted by molar-refractivity contribution is -0.137. The molecule has 1 aliphatic carbocycles. The third-order valence-electron chi connectivity index (χ3n) is 4.73. The predicted molar refractivity (Wildman–Crippen MR) is 94.4 cm³/mol. The van der Waals surface area contributed by atoms with Crippen LogP contribution in [-0.4, -0.2) is 36.7 Å². The van der Waals surface area contributed by atoms with Crippen LogP contribution in [0.25, 0.3) is 0 Å². The van der Waals surface area contributed by atoms with Gasteiger partial charge in [0, 0.05) is 11.8 Å². The van der Waals surface area contributed by atoms with Gasteiger partial charge in [0.05, 0.1) is 12.8 Å². The van der Waals surface area contributed by atoms with Crippen molar-refractivity contribution in [2.24, 2.45) is 5.92 Å². The fraction of sp³-hybridized carbons (Fsp3) is 0.368. The van der Waals surface area contributed by atoms with Crippen LogP contribution in [0.15, 0.2) is 41.0 Å². The molecule has 1 saturated carbocycles. The van der Waals surface area contributed by atoms with E-state index >= 15 is 0 Å². The Morgan fingerprint density at radius 2 is 1.89 bits per heavy atom. The number of carbonyl (C=O) groups excluding carboxylic acids is 2. The first-order chi connectivity index (χ1) is 13.1. The predicted octanol–water partition coefficient (Wildman–Crippen LogP) is 1.40. The Hall–Kier alpha value is -3.00. The maximum Gasteiger partial charge on any atom is 0.313 e. The van der Waals surface area contributed by atoms with Gasteiger partial charge in [-0.1, -0.05) is 0 Å². The van der Waals surface area contributed by atoms with E-state index in [1.165, 1.54) is 6.26 Å². The van der Waals surface area contributed by atoms with E-state index < -0.39 is 17.4 Å². The minimum atomic E-state index is -1.31. The third kappa shape index (κ3) is 3.61. The van der Waals surface area contributed by atoms with E-state index in [9.17, 15) is 14.7 Å². The van der Waals surface area contributed by atoms with Gasteiger partial charge in [0.25, 0.3) is 0 Å². The maximum absolute atomic E-state index is 12.2. The van der Waals surface area contributed by atoms with Crippen LogP contribution in [0.5, 0.6) is 11.5 Å². The number of hydrogen-bond acceptors (Lipinski definition) is 6.